The van der Waals surface area contributed by atoms with Gasteiger partial charge in [-0.05, 0) is 6.42 Å². The lowest BCUT2D eigenvalue weighted by Crippen LogP contribution is -1.83. The van der Waals surface area contributed by atoms with Crippen LogP contribution >= 0.6 is 0 Å². The third kappa shape index (κ3) is 19.4. The molecule has 0 radical (unpaired) electrons. The van der Waals surface area contributed by atoms with E-state index in [9.17, 15) is 0 Å². The molecule has 1 nitrogen and oxygen atoms in total. The Kier molecular flexibility index (Phi) is 18.8. The summed E-state index contributed by atoms with van der Waals surface area (Å²) < 4.78 is 0. The summed E-state index contributed by atoms with van der Waals surface area (Å²) >= 11 is 0. The SMILES string of the molecule is CCCCCCCCCCCCCCCCCCC#CO. The van der Waals surface area contributed by atoms with Crippen molar-refractivity contribution in [3.63, 3.8) is 0 Å². The van der Waals surface area contributed by atoms with Crippen LogP contribution in [0.2, 0.25) is 0 Å². The molecule has 1 N–H and O–H groups in total. The molecule has 0 aliphatic heterocycles. The van der Waals surface area contributed by atoms with Gasteiger partial charge < -0.3 is 5.11 Å². The maximum atomic E-state index is 8.33. The van der Waals surface area contributed by atoms with Gasteiger partial charge >= 0.3 is 0 Å². The quantitative estimate of drug-likeness (QED) is 0.241. The Hall–Kier alpha value is -0.640. The Balaban J connectivity index is 2.94. The van der Waals surface area contributed by atoms with Gasteiger partial charge in [-0.1, -0.05) is 109 Å². The standard InChI is InChI=1S/C20H38O/c1-2-3-4-5-6-7-8-9-10-11-12-13-14-15-16-17-18-19-20-21/h21H,2-18H2,1H3. The molecule has 0 aliphatic rings. The Morgan fingerprint density at radius 3 is 1.19 bits per heavy atom. The van der Waals surface area contributed by atoms with Crippen LogP contribution in [0.5, 0.6) is 0 Å². The van der Waals surface area contributed by atoms with Crippen LogP contribution in [-0.2, 0) is 0 Å². The maximum Gasteiger partial charge on any atom is 0.107 e. The van der Waals surface area contributed by atoms with E-state index in [0.717, 1.165) is 12.8 Å². The lowest BCUT2D eigenvalue weighted by atomic mass is 10.0. The van der Waals surface area contributed by atoms with Crippen molar-refractivity contribution < 1.29 is 5.11 Å². The summed E-state index contributed by atoms with van der Waals surface area (Å²) in [6.45, 7) is 2.28. The molecule has 0 aromatic heterocycles. The number of aliphatic hydroxyl groups is 1. The number of hydrogen-bond donors (Lipinski definition) is 1. The molecule has 0 rings (SSSR count). The molecule has 0 aromatic carbocycles. The first-order valence-electron chi connectivity index (χ1n) is 9.53. The Morgan fingerprint density at radius 1 is 0.524 bits per heavy atom. The second kappa shape index (κ2) is 19.4. The van der Waals surface area contributed by atoms with Crippen LogP contribution < -0.4 is 0 Å². The molecular formula is C20H38O. The maximum absolute atomic E-state index is 8.33. The van der Waals surface area contributed by atoms with Crippen molar-refractivity contribution in [2.24, 2.45) is 0 Å². The predicted molar refractivity (Wildman–Crippen MR) is 93.9 cm³/mol. The molecule has 0 saturated carbocycles. The first kappa shape index (κ1) is 20.4. The Morgan fingerprint density at radius 2 is 0.857 bits per heavy atom. The molecule has 21 heavy (non-hydrogen) atoms. The van der Waals surface area contributed by atoms with Gasteiger partial charge in [0.1, 0.15) is 6.11 Å². The van der Waals surface area contributed by atoms with E-state index in [4.69, 9.17) is 5.11 Å². The highest BCUT2D eigenvalue weighted by Gasteiger charge is 1.94. The second-order valence-electron chi connectivity index (χ2n) is 6.34. The van der Waals surface area contributed by atoms with Gasteiger partial charge in [0.05, 0.1) is 0 Å². The smallest absolute Gasteiger partial charge is 0.107 e. The van der Waals surface area contributed by atoms with E-state index in [0.29, 0.717) is 0 Å². The molecule has 0 aromatic rings. The second-order valence-corrected chi connectivity index (χ2v) is 6.34. The summed E-state index contributed by atoms with van der Waals surface area (Å²) in [6.07, 6.45) is 25.2. The van der Waals surface area contributed by atoms with Gasteiger partial charge in [0.15, 0.2) is 0 Å². The predicted octanol–water partition coefficient (Wildman–Crippen LogP) is 6.97. The molecule has 0 amide bonds. The van der Waals surface area contributed by atoms with Crippen LogP contribution in [0, 0.1) is 12.0 Å². The zero-order valence-corrected chi connectivity index (χ0v) is 14.5. The first-order chi connectivity index (χ1) is 10.4. The summed E-state index contributed by atoms with van der Waals surface area (Å²) in [5, 5.41) is 8.33. The van der Waals surface area contributed by atoms with Crippen LogP contribution in [0.25, 0.3) is 0 Å². The van der Waals surface area contributed by atoms with Crippen molar-refractivity contribution in [1.82, 2.24) is 0 Å². The van der Waals surface area contributed by atoms with Crippen LogP contribution in [0.1, 0.15) is 116 Å². The van der Waals surface area contributed by atoms with Gasteiger partial charge in [-0.2, -0.15) is 0 Å². The number of aliphatic hydroxyl groups excluding tert-OH is 1. The van der Waals surface area contributed by atoms with Crippen molar-refractivity contribution in [1.29, 1.82) is 0 Å². The normalized spacial score (nSPS) is 10.3. The largest absolute Gasteiger partial charge is 0.462 e. The third-order valence-electron chi connectivity index (χ3n) is 4.23. The zero-order chi connectivity index (χ0) is 15.4. The molecule has 0 aliphatic carbocycles. The molecule has 124 valence electrons. The van der Waals surface area contributed by atoms with E-state index in [1.807, 2.05) is 6.11 Å². The molecule has 0 unspecified atom stereocenters. The molecule has 0 spiro atoms. The number of unbranched alkanes of at least 4 members (excludes halogenated alkanes) is 16. The highest BCUT2D eigenvalue weighted by atomic mass is 16.2. The van der Waals surface area contributed by atoms with Crippen molar-refractivity contribution in [2.75, 3.05) is 0 Å². The van der Waals surface area contributed by atoms with Crippen LogP contribution in [0.3, 0.4) is 0 Å². The first-order valence-corrected chi connectivity index (χ1v) is 9.53. The highest BCUT2D eigenvalue weighted by molar-refractivity contribution is 4.88. The Bertz CT molecular complexity index is 236. The van der Waals surface area contributed by atoms with Gasteiger partial charge in [0.2, 0.25) is 0 Å². The molecular weight excluding hydrogens is 256 g/mol. The van der Waals surface area contributed by atoms with Crippen molar-refractivity contribution in [2.45, 2.75) is 116 Å². The third-order valence-corrected chi connectivity index (χ3v) is 4.23. The van der Waals surface area contributed by atoms with E-state index in [-0.39, 0.29) is 0 Å². The minimum Gasteiger partial charge on any atom is -0.462 e. The summed E-state index contributed by atoms with van der Waals surface area (Å²) in [5.74, 6) is 2.70. The fourth-order valence-electron chi connectivity index (χ4n) is 2.82. The van der Waals surface area contributed by atoms with E-state index in [1.165, 1.54) is 96.3 Å². The van der Waals surface area contributed by atoms with Gasteiger partial charge in [-0.3, -0.25) is 0 Å². The van der Waals surface area contributed by atoms with Crippen molar-refractivity contribution in [3.05, 3.63) is 0 Å². The lowest BCUT2D eigenvalue weighted by molar-refractivity contribution is 0.514. The molecule has 0 fully saturated rings. The molecule has 0 saturated heterocycles. The average Bonchev–Trinajstić information content (AvgIpc) is 2.50. The minimum absolute atomic E-state index is 0.856. The number of hydrogen-bond acceptors (Lipinski definition) is 1. The van der Waals surface area contributed by atoms with E-state index < -0.39 is 0 Å². The summed E-state index contributed by atoms with van der Waals surface area (Å²) in [6, 6.07) is 0. The van der Waals surface area contributed by atoms with E-state index in [1.54, 1.807) is 0 Å². The monoisotopic (exact) mass is 294 g/mol. The van der Waals surface area contributed by atoms with Crippen LogP contribution in [0.4, 0.5) is 0 Å². The fraction of sp³-hybridized carbons (Fsp3) is 0.900. The molecule has 0 bridgehead atoms. The summed E-state index contributed by atoms with van der Waals surface area (Å²) in [5.41, 5.74) is 0. The van der Waals surface area contributed by atoms with Crippen molar-refractivity contribution >= 4 is 0 Å². The molecule has 1 heteroatoms. The molecule has 0 atom stereocenters. The minimum atomic E-state index is 0.856. The zero-order valence-electron chi connectivity index (χ0n) is 14.5. The molecule has 0 heterocycles. The van der Waals surface area contributed by atoms with Gasteiger partial charge in [-0.15, -0.1) is 0 Å². The number of rotatable bonds is 16. The summed E-state index contributed by atoms with van der Waals surface area (Å²) in [4.78, 5) is 0. The highest BCUT2D eigenvalue weighted by Crippen LogP contribution is 2.13. The van der Waals surface area contributed by atoms with Gasteiger partial charge in [-0.25, -0.2) is 0 Å². The van der Waals surface area contributed by atoms with Crippen molar-refractivity contribution in [3.8, 4) is 12.0 Å². The summed E-state index contributed by atoms with van der Waals surface area (Å²) in [7, 11) is 0. The van der Waals surface area contributed by atoms with Gasteiger partial charge in [0.25, 0.3) is 0 Å². The topological polar surface area (TPSA) is 20.2 Å². The van der Waals surface area contributed by atoms with Crippen LogP contribution in [0.15, 0.2) is 0 Å². The van der Waals surface area contributed by atoms with Gasteiger partial charge in [0, 0.05) is 6.42 Å². The van der Waals surface area contributed by atoms with E-state index >= 15 is 0 Å². The van der Waals surface area contributed by atoms with E-state index in [2.05, 4.69) is 12.8 Å². The average molecular weight is 295 g/mol. The lowest BCUT2D eigenvalue weighted by Gasteiger charge is -2.03. The fourth-order valence-corrected chi connectivity index (χ4v) is 2.82. The Labute approximate surface area is 133 Å². The van der Waals surface area contributed by atoms with Crippen LogP contribution in [-0.4, -0.2) is 5.11 Å².